The van der Waals surface area contributed by atoms with E-state index in [0.29, 0.717) is 41.4 Å². The lowest BCUT2D eigenvalue weighted by atomic mass is 9.83. The summed E-state index contributed by atoms with van der Waals surface area (Å²) in [6.45, 7) is 0. The molecule has 2 fully saturated rings. The third kappa shape index (κ3) is 4.55. The summed E-state index contributed by atoms with van der Waals surface area (Å²) in [4.78, 5) is 30.9. The van der Waals surface area contributed by atoms with Crippen molar-refractivity contribution in [3.63, 3.8) is 0 Å². The second-order valence-electron chi connectivity index (χ2n) is 9.56. The van der Waals surface area contributed by atoms with E-state index in [0.717, 1.165) is 32.1 Å². The molecule has 10 heteroatoms. The molecule has 3 aromatic heterocycles. The van der Waals surface area contributed by atoms with Crippen LogP contribution in [0.3, 0.4) is 0 Å². The van der Waals surface area contributed by atoms with Gasteiger partial charge in [0.1, 0.15) is 17.3 Å². The Morgan fingerprint density at radius 3 is 2.86 bits per heavy atom. The molecule has 0 aromatic carbocycles. The molecule has 3 heterocycles. The molecule has 0 spiro atoms. The Bertz CT molecular complexity index is 1280. The van der Waals surface area contributed by atoms with Crippen molar-refractivity contribution in [1.29, 1.82) is 0 Å². The second-order valence-corrected chi connectivity index (χ2v) is 9.56. The number of rotatable bonds is 8. The zero-order chi connectivity index (χ0) is 24.5. The minimum absolute atomic E-state index is 0.00879. The molecule has 2 aliphatic rings. The number of methoxy groups -OCH3 is 1. The molecule has 35 heavy (non-hydrogen) atoms. The highest BCUT2D eigenvalue weighted by molar-refractivity contribution is 6.01. The number of aliphatic hydroxyl groups excluding tert-OH is 1. The van der Waals surface area contributed by atoms with Crippen LogP contribution in [0.15, 0.2) is 35.4 Å². The van der Waals surface area contributed by atoms with Gasteiger partial charge in [-0.25, -0.2) is 4.98 Å². The smallest absolute Gasteiger partial charge is 0.274 e. The maximum absolute atomic E-state index is 13.2. The van der Waals surface area contributed by atoms with E-state index >= 15 is 0 Å². The van der Waals surface area contributed by atoms with Crippen molar-refractivity contribution in [2.45, 2.75) is 63.2 Å². The summed E-state index contributed by atoms with van der Waals surface area (Å²) in [5.74, 6) is 1.36. The van der Waals surface area contributed by atoms with E-state index in [4.69, 9.17) is 4.74 Å². The Hall–Kier alpha value is -3.24. The van der Waals surface area contributed by atoms with Gasteiger partial charge in [-0.2, -0.15) is 9.61 Å². The quantitative estimate of drug-likeness (QED) is 0.420. The number of pyridine rings is 1. The van der Waals surface area contributed by atoms with Crippen LogP contribution in [0, 0.1) is 5.92 Å². The maximum atomic E-state index is 13.2. The molecule has 186 valence electrons. The zero-order valence-corrected chi connectivity index (χ0v) is 20.1. The van der Waals surface area contributed by atoms with Gasteiger partial charge in [-0.3, -0.25) is 9.59 Å². The van der Waals surface area contributed by atoms with Crippen molar-refractivity contribution in [3.05, 3.63) is 46.5 Å². The summed E-state index contributed by atoms with van der Waals surface area (Å²) in [7, 11) is 3.50. The highest BCUT2D eigenvalue weighted by Gasteiger charge is 2.31. The fourth-order valence-electron chi connectivity index (χ4n) is 5.21. The number of ether oxygens (including phenoxy) is 1. The van der Waals surface area contributed by atoms with Crippen molar-refractivity contribution in [2.75, 3.05) is 24.8 Å². The van der Waals surface area contributed by atoms with Crippen LogP contribution in [0.2, 0.25) is 0 Å². The Kier molecular flexibility index (Phi) is 6.57. The van der Waals surface area contributed by atoms with Crippen molar-refractivity contribution in [3.8, 4) is 0 Å². The van der Waals surface area contributed by atoms with Gasteiger partial charge in [-0.15, -0.1) is 0 Å². The number of aliphatic hydroxyl groups is 1. The monoisotopic (exact) mass is 480 g/mol. The van der Waals surface area contributed by atoms with E-state index in [-0.39, 0.29) is 29.4 Å². The first-order valence-corrected chi connectivity index (χ1v) is 12.3. The third-order valence-electron chi connectivity index (χ3n) is 7.37. The summed E-state index contributed by atoms with van der Waals surface area (Å²) >= 11 is 0. The van der Waals surface area contributed by atoms with Gasteiger partial charge >= 0.3 is 0 Å². The van der Waals surface area contributed by atoms with Gasteiger partial charge in [0, 0.05) is 32.8 Å². The van der Waals surface area contributed by atoms with Crippen LogP contribution in [0.25, 0.3) is 5.65 Å². The highest BCUT2D eigenvalue weighted by atomic mass is 16.5. The number of Topliss-reactive ketones (excluding diaryl/α,β-unsaturated/α-hetero) is 1. The Morgan fingerprint density at radius 1 is 1.29 bits per heavy atom. The number of carbonyl (C=O) groups is 1. The Balaban J connectivity index is 1.43. The first-order valence-electron chi connectivity index (χ1n) is 12.3. The zero-order valence-electron chi connectivity index (χ0n) is 20.1. The van der Waals surface area contributed by atoms with Gasteiger partial charge in [0.15, 0.2) is 11.4 Å². The van der Waals surface area contributed by atoms with Crippen LogP contribution in [0.1, 0.15) is 61.3 Å². The molecule has 0 aliphatic heterocycles. The lowest BCUT2D eigenvalue weighted by Crippen LogP contribution is -2.39. The first kappa shape index (κ1) is 23.5. The van der Waals surface area contributed by atoms with E-state index in [9.17, 15) is 14.7 Å². The number of hydrogen-bond acceptors (Lipinski definition) is 8. The fraction of sp³-hybridized carbons (Fsp3) is 0.520. The third-order valence-corrected chi connectivity index (χ3v) is 7.37. The molecule has 3 N–H and O–H groups in total. The fourth-order valence-corrected chi connectivity index (χ4v) is 5.21. The molecule has 2 aliphatic carbocycles. The maximum Gasteiger partial charge on any atom is 0.274 e. The standard InChI is InChI=1S/C25H32N6O4/c1-26-23-13-22(28-18-7-4-10-30(25(18)34)19-8-9-20(19)32)29-24-17(14-27-31(23)24)21(33)12-15-5-3-6-16(11-15)35-2/h4,7,10,13-16,19-20,26,32H,3,5-6,8-9,11-12H2,1-2H3,(H,28,29)/t15-,16-,19-,20+/m0/s1. The molecule has 5 rings (SSSR count). The number of fused-ring (bicyclic) bond motifs is 1. The molecule has 4 atom stereocenters. The van der Waals surface area contributed by atoms with Gasteiger partial charge in [-0.05, 0) is 50.2 Å². The van der Waals surface area contributed by atoms with Crippen molar-refractivity contribution < 1.29 is 14.6 Å². The largest absolute Gasteiger partial charge is 0.391 e. The first-order chi connectivity index (χ1) is 17.0. The molecule has 0 radical (unpaired) electrons. The van der Waals surface area contributed by atoms with Crippen LogP contribution in [0.5, 0.6) is 0 Å². The molecule has 0 unspecified atom stereocenters. The second kappa shape index (κ2) is 9.79. The molecule has 0 saturated heterocycles. The van der Waals surface area contributed by atoms with Crippen molar-refractivity contribution in [2.24, 2.45) is 5.92 Å². The van der Waals surface area contributed by atoms with Crippen LogP contribution < -0.4 is 16.2 Å². The van der Waals surface area contributed by atoms with Crippen LogP contribution in [0.4, 0.5) is 17.3 Å². The molecule has 10 nitrogen and oxygen atoms in total. The predicted octanol–water partition coefficient (Wildman–Crippen LogP) is 3.15. The number of ketones is 1. The SMILES string of the molecule is CNc1cc(Nc2cccn([C@H]3CC[C@H]3O)c2=O)nc2c(C(=O)C[C@H]3CCC[C@H](OC)C3)cnn12. The van der Waals surface area contributed by atoms with Gasteiger partial charge < -0.3 is 25.0 Å². The van der Waals surface area contributed by atoms with Gasteiger partial charge in [0.05, 0.1) is 30.0 Å². The van der Waals surface area contributed by atoms with Crippen molar-refractivity contribution >= 4 is 28.8 Å². The van der Waals surface area contributed by atoms with E-state index in [2.05, 4.69) is 20.7 Å². The van der Waals surface area contributed by atoms with Crippen LogP contribution in [-0.4, -0.2) is 56.4 Å². The van der Waals surface area contributed by atoms with Crippen molar-refractivity contribution in [1.82, 2.24) is 19.2 Å². The highest BCUT2D eigenvalue weighted by Crippen LogP contribution is 2.32. The summed E-state index contributed by atoms with van der Waals surface area (Å²) in [6.07, 6.45) is 8.89. The number of aromatic nitrogens is 4. The minimum atomic E-state index is -0.503. The van der Waals surface area contributed by atoms with Gasteiger partial charge in [0.25, 0.3) is 5.56 Å². The summed E-state index contributed by atoms with van der Waals surface area (Å²) < 4.78 is 8.69. The Morgan fingerprint density at radius 2 is 2.14 bits per heavy atom. The topological polar surface area (TPSA) is 123 Å². The summed E-state index contributed by atoms with van der Waals surface area (Å²) in [5.41, 5.74) is 1.03. The van der Waals surface area contributed by atoms with E-state index in [1.807, 2.05) is 0 Å². The van der Waals surface area contributed by atoms with Crippen LogP contribution >= 0.6 is 0 Å². The normalized spacial score (nSPS) is 24.2. The lowest BCUT2D eigenvalue weighted by molar-refractivity contribution is 0.0300. The Labute approximate surface area is 203 Å². The number of hydrogen-bond donors (Lipinski definition) is 3. The van der Waals surface area contributed by atoms with Gasteiger partial charge in [0.2, 0.25) is 0 Å². The predicted molar refractivity (Wildman–Crippen MR) is 132 cm³/mol. The number of nitrogens with zero attached hydrogens (tertiary/aromatic N) is 4. The average molecular weight is 481 g/mol. The van der Waals surface area contributed by atoms with E-state index in [1.54, 1.807) is 53.8 Å². The summed E-state index contributed by atoms with van der Waals surface area (Å²) in [6, 6.07) is 5.00. The van der Waals surface area contributed by atoms with Crippen LogP contribution in [-0.2, 0) is 4.74 Å². The molecular weight excluding hydrogens is 448 g/mol. The number of carbonyl (C=O) groups excluding carboxylic acids is 1. The summed E-state index contributed by atoms with van der Waals surface area (Å²) in [5, 5.41) is 20.6. The molecular formula is C25H32N6O4. The van der Waals surface area contributed by atoms with E-state index in [1.165, 1.54) is 0 Å². The molecule has 3 aromatic rings. The minimum Gasteiger partial charge on any atom is -0.391 e. The number of nitrogens with one attached hydrogen (secondary N) is 2. The molecule has 0 bridgehead atoms. The van der Waals surface area contributed by atoms with E-state index < -0.39 is 6.10 Å². The lowest BCUT2D eigenvalue weighted by Gasteiger charge is -2.34. The molecule has 0 amide bonds. The van der Waals surface area contributed by atoms with Gasteiger partial charge in [-0.1, -0.05) is 6.42 Å². The molecule has 2 saturated carbocycles. The average Bonchev–Trinajstić information content (AvgIpc) is 3.29. The number of anilines is 3.